The highest BCUT2D eigenvalue weighted by atomic mass is 32.2. The Bertz CT molecular complexity index is 1180. The van der Waals surface area contributed by atoms with Gasteiger partial charge in [0.25, 0.3) is 0 Å². The van der Waals surface area contributed by atoms with E-state index < -0.39 is 5.82 Å². The number of methoxy groups -OCH3 is 3. The highest BCUT2D eigenvalue weighted by molar-refractivity contribution is 8.00. The van der Waals surface area contributed by atoms with Crippen molar-refractivity contribution < 1.29 is 23.4 Å². The molecule has 1 unspecified atom stereocenters. The average molecular weight is 472 g/mol. The SMILES string of the molecule is COc1cc(Nc2ncc(F)c(Nc3ccc4c(c3)NC(=O)C(C)S4)n2)cc(OC)c1OC. The molecule has 4 rings (SSSR count). The summed E-state index contributed by atoms with van der Waals surface area (Å²) in [5, 5.41) is 8.64. The van der Waals surface area contributed by atoms with Crippen molar-refractivity contribution in [2.45, 2.75) is 17.1 Å². The van der Waals surface area contributed by atoms with Gasteiger partial charge in [-0.2, -0.15) is 4.98 Å². The molecule has 0 bridgehead atoms. The van der Waals surface area contributed by atoms with E-state index in [1.54, 1.807) is 24.3 Å². The Balaban J connectivity index is 1.58. The van der Waals surface area contributed by atoms with Gasteiger partial charge < -0.3 is 30.2 Å². The number of carbonyl (C=O) groups is 1. The van der Waals surface area contributed by atoms with Crippen LogP contribution >= 0.6 is 11.8 Å². The summed E-state index contributed by atoms with van der Waals surface area (Å²) < 4.78 is 30.5. The van der Waals surface area contributed by atoms with Crippen LogP contribution in [0, 0.1) is 5.82 Å². The molecule has 3 aromatic rings. The number of benzene rings is 2. The Morgan fingerprint density at radius 3 is 2.42 bits per heavy atom. The van der Waals surface area contributed by atoms with Crippen LogP contribution < -0.4 is 30.2 Å². The molecule has 1 atom stereocenters. The minimum atomic E-state index is -0.629. The fraction of sp³-hybridized carbons (Fsp3) is 0.227. The zero-order chi connectivity index (χ0) is 23.5. The van der Waals surface area contributed by atoms with Gasteiger partial charge in [-0.25, -0.2) is 9.37 Å². The number of hydrogen-bond donors (Lipinski definition) is 3. The molecular weight excluding hydrogens is 449 g/mol. The third-order valence-electron chi connectivity index (χ3n) is 4.84. The fourth-order valence-electron chi connectivity index (χ4n) is 3.22. The molecule has 2 heterocycles. The van der Waals surface area contributed by atoms with E-state index in [0.29, 0.717) is 34.3 Å². The Morgan fingerprint density at radius 1 is 1.03 bits per heavy atom. The van der Waals surface area contributed by atoms with Crippen molar-refractivity contribution >= 4 is 46.5 Å². The number of halogens is 1. The average Bonchev–Trinajstić information content (AvgIpc) is 2.81. The standard InChI is InChI=1S/C22H22FN5O4S/c1-11-21(29)27-15-7-12(5-6-18(15)33-11)25-20-14(23)10-24-22(28-20)26-13-8-16(30-2)19(32-4)17(9-13)31-3/h5-11H,1-4H3,(H,27,29)(H2,24,25,26,28). The molecule has 0 aliphatic carbocycles. The number of carbonyl (C=O) groups excluding carboxylic acids is 1. The van der Waals surface area contributed by atoms with Crippen LogP contribution in [0.25, 0.3) is 0 Å². The van der Waals surface area contributed by atoms with Crippen molar-refractivity contribution in [3.05, 3.63) is 42.3 Å². The maximum atomic E-state index is 14.4. The van der Waals surface area contributed by atoms with Crippen molar-refractivity contribution in [3.63, 3.8) is 0 Å². The molecule has 33 heavy (non-hydrogen) atoms. The summed E-state index contributed by atoms with van der Waals surface area (Å²) >= 11 is 1.47. The molecule has 1 aliphatic rings. The Morgan fingerprint density at radius 2 is 1.76 bits per heavy atom. The van der Waals surface area contributed by atoms with Crippen molar-refractivity contribution in [1.29, 1.82) is 0 Å². The minimum absolute atomic E-state index is 0.0250. The van der Waals surface area contributed by atoms with Crippen LogP contribution in [-0.4, -0.2) is 42.5 Å². The number of hydrogen-bond acceptors (Lipinski definition) is 9. The summed E-state index contributed by atoms with van der Waals surface area (Å²) in [4.78, 5) is 21.2. The van der Waals surface area contributed by atoms with Gasteiger partial charge in [0.15, 0.2) is 23.1 Å². The summed E-state index contributed by atoms with van der Waals surface area (Å²) in [5.74, 6) is 0.767. The summed E-state index contributed by atoms with van der Waals surface area (Å²) in [6.45, 7) is 1.84. The highest BCUT2D eigenvalue weighted by Gasteiger charge is 2.23. The second kappa shape index (κ2) is 9.41. The molecule has 0 saturated heterocycles. The first-order valence-electron chi connectivity index (χ1n) is 9.90. The lowest BCUT2D eigenvalue weighted by Crippen LogP contribution is -2.26. The van der Waals surface area contributed by atoms with E-state index in [4.69, 9.17) is 14.2 Å². The quantitative estimate of drug-likeness (QED) is 0.457. The summed E-state index contributed by atoms with van der Waals surface area (Å²) in [7, 11) is 4.54. The zero-order valence-corrected chi connectivity index (χ0v) is 19.2. The minimum Gasteiger partial charge on any atom is -0.493 e. The molecule has 172 valence electrons. The van der Waals surface area contributed by atoms with E-state index in [1.165, 1.54) is 33.1 Å². The number of amides is 1. The van der Waals surface area contributed by atoms with E-state index in [1.807, 2.05) is 13.0 Å². The molecule has 2 aromatic carbocycles. The van der Waals surface area contributed by atoms with Crippen LogP contribution in [0.5, 0.6) is 17.2 Å². The molecule has 1 aliphatic heterocycles. The summed E-state index contributed by atoms with van der Waals surface area (Å²) in [6, 6.07) is 8.77. The number of rotatable bonds is 7. The molecule has 0 spiro atoms. The van der Waals surface area contributed by atoms with Crippen molar-refractivity contribution in [2.75, 3.05) is 37.3 Å². The van der Waals surface area contributed by atoms with Crippen molar-refractivity contribution in [1.82, 2.24) is 9.97 Å². The van der Waals surface area contributed by atoms with Gasteiger partial charge in [0.2, 0.25) is 17.6 Å². The van der Waals surface area contributed by atoms with Crippen LogP contribution in [0.4, 0.5) is 33.2 Å². The molecular formula is C22H22FN5O4S. The van der Waals surface area contributed by atoms with Gasteiger partial charge >= 0.3 is 0 Å². The van der Waals surface area contributed by atoms with Crippen molar-refractivity contribution in [3.8, 4) is 17.2 Å². The molecule has 9 nitrogen and oxygen atoms in total. The molecule has 11 heteroatoms. The lowest BCUT2D eigenvalue weighted by molar-refractivity contribution is -0.115. The first kappa shape index (κ1) is 22.5. The van der Waals surface area contributed by atoms with Gasteiger partial charge in [0.1, 0.15) is 0 Å². The lowest BCUT2D eigenvalue weighted by Gasteiger charge is -2.22. The van der Waals surface area contributed by atoms with Gasteiger partial charge in [-0.05, 0) is 25.1 Å². The number of ether oxygens (including phenoxy) is 3. The Labute approximate surface area is 194 Å². The first-order chi connectivity index (χ1) is 15.9. The van der Waals surface area contributed by atoms with Gasteiger partial charge in [0.05, 0.1) is 38.5 Å². The maximum Gasteiger partial charge on any atom is 0.237 e. The smallest absolute Gasteiger partial charge is 0.237 e. The van der Waals surface area contributed by atoms with E-state index >= 15 is 0 Å². The first-order valence-corrected chi connectivity index (χ1v) is 10.8. The molecule has 0 fully saturated rings. The third-order valence-corrected chi connectivity index (χ3v) is 6.02. The van der Waals surface area contributed by atoms with E-state index in [9.17, 15) is 9.18 Å². The van der Waals surface area contributed by atoms with Crippen LogP contribution in [-0.2, 0) is 4.79 Å². The second-order valence-electron chi connectivity index (χ2n) is 7.01. The van der Waals surface area contributed by atoms with Gasteiger partial charge in [-0.3, -0.25) is 4.79 Å². The predicted molar refractivity (Wildman–Crippen MR) is 125 cm³/mol. The Kier molecular flexibility index (Phi) is 6.40. The van der Waals surface area contributed by atoms with E-state index in [-0.39, 0.29) is 22.9 Å². The number of anilines is 5. The number of fused-ring (bicyclic) bond motifs is 1. The van der Waals surface area contributed by atoms with Crippen LogP contribution in [0.2, 0.25) is 0 Å². The lowest BCUT2D eigenvalue weighted by atomic mass is 10.2. The molecule has 1 amide bonds. The number of aromatic nitrogens is 2. The number of thioether (sulfide) groups is 1. The monoisotopic (exact) mass is 471 g/mol. The van der Waals surface area contributed by atoms with E-state index in [0.717, 1.165) is 11.1 Å². The van der Waals surface area contributed by atoms with Gasteiger partial charge in [0, 0.05) is 28.4 Å². The zero-order valence-electron chi connectivity index (χ0n) is 18.4. The molecule has 0 saturated carbocycles. The van der Waals surface area contributed by atoms with Crippen LogP contribution in [0.15, 0.2) is 41.4 Å². The van der Waals surface area contributed by atoms with Crippen LogP contribution in [0.3, 0.4) is 0 Å². The highest BCUT2D eigenvalue weighted by Crippen LogP contribution is 2.41. The maximum absolute atomic E-state index is 14.4. The van der Waals surface area contributed by atoms with Crippen LogP contribution in [0.1, 0.15) is 6.92 Å². The van der Waals surface area contributed by atoms with Gasteiger partial charge in [-0.15, -0.1) is 11.8 Å². The topological polar surface area (TPSA) is 107 Å². The van der Waals surface area contributed by atoms with Crippen molar-refractivity contribution in [2.24, 2.45) is 0 Å². The summed E-state index contributed by atoms with van der Waals surface area (Å²) in [6.07, 6.45) is 1.06. The largest absolute Gasteiger partial charge is 0.493 e. The fourth-order valence-corrected chi connectivity index (χ4v) is 4.15. The summed E-state index contributed by atoms with van der Waals surface area (Å²) in [5.41, 5.74) is 1.79. The van der Waals surface area contributed by atoms with E-state index in [2.05, 4.69) is 25.9 Å². The third kappa shape index (κ3) is 4.72. The number of nitrogens with zero attached hydrogens (tertiary/aromatic N) is 2. The number of nitrogens with one attached hydrogen (secondary N) is 3. The normalized spacial score (nSPS) is 14.7. The molecule has 0 radical (unpaired) electrons. The second-order valence-corrected chi connectivity index (χ2v) is 8.40. The molecule has 1 aromatic heterocycles. The Hall–Kier alpha value is -3.73. The van der Waals surface area contributed by atoms with Gasteiger partial charge in [-0.1, -0.05) is 0 Å². The predicted octanol–water partition coefficient (Wildman–Crippen LogP) is 4.56. The molecule has 3 N–H and O–H groups in total.